The number of ether oxygens (including phenoxy) is 2. The molecule has 0 radical (unpaired) electrons. The number of likely N-dealkylation sites (tertiary alicyclic amines) is 1. The van der Waals surface area contributed by atoms with Crippen molar-refractivity contribution in [1.29, 1.82) is 0 Å². The largest absolute Gasteiger partial charge is 0.496 e. The first-order chi connectivity index (χ1) is 14.1. The minimum absolute atomic E-state index is 0.0713. The van der Waals surface area contributed by atoms with E-state index in [1.807, 2.05) is 4.90 Å². The smallest absolute Gasteiger partial charge is 0.339 e. The minimum atomic E-state index is -0.593. The van der Waals surface area contributed by atoms with E-state index in [2.05, 4.69) is 0 Å². The molecule has 0 aliphatic carbocycles. The number of benzene rings is 2. The molecule has 0 spiro atoms. The predicted molar refractivity (Wildman–Crippen MR) is 111 cm³/mol. The van der Waals surface area contributed by atoms with Crippen LogP contribution >= 0.6 is 11.8 Å². The molecule has 152 valence electrons. The average Bonchev–Trinajstić information content (AvgIpc) is 3.31. The number of hydrogen-bond donors (Lipinski definition) is 0. The summed E-state index contributed by atoms with van der Waals surface area (Å²) in [6.45, 7) is 1.22. The molecule has 2 aromatic carbocycles. The maximum atomic E-state index is 12.5. The van der Waals surface area contributed by atoms with E-state index < -0.39 is 5.97 Å². The molecular weight excluding hydrogens is 390 g/mol. The van der Waals surface area contributed by atoms with Crippen molar-refractivity contribution in [3.05, 3.63) is 59.7 Å². The molecule has 1 amide bonds. The number of para-hydroxylation sites is 1. The van der Waals surface area contributed by atoms with Gasteiger partial charge >= 0.3 is 5.97 Å². The second-order valence-electron chi connectivity index (χ2n) is 6.57. The van der Waals surface area contributed by atoms with E-state index in [1.165, 1.54) is 18.9 Å². The van der Waals surface area contributed by atoms with Crippen LogP contribution in [0.25, 0.3) is 0 Å². The van der Waals surface area contributed by atoms with Gasteiger partial charge in [-0.25, -0.2) is 4.79 Å². The van der Waals surface area contributed by atoms with Crippen molar-refractivity contribution in [2.45, 2.75) is 17.7 Å². The van der Waals surface area contributed by atoms with Gasteiger partial charge in [0.05, 0.1) is 24.0 Å². The fraction of sp³-hybridized carbons (Fsp3) is 0.318. The summed E-state index contributed by atoms with van der Waals surface area (Å²) >= 11 is 1.31. The third kappa shape index (κ3) is 5.38. The number of ketones is 1. The number of esters is 1. The van der Waals surface area contributed by atoms with Gasteiger partial charge in [-0.15, -0.1) is 11.8 Å². The number of methoxy groups -OCH3 is 1. The van der Waals surface area contributed by atoms with Crippen LogP contribution in [0, 0.1) is 0 Å². The zero-order valence-corrected chi connectivity index (χ0v) is 17.1. The van der Waals surface area contributed by atoms with Crippen LogP contribution < -0.4 is 4.74 Å². The van der Waals surface area contributed by atoms with E-state index in [0.717, 1.165) is 25.9 Å². The average molecular weight is 413 g/mol. The lowest BCUT2D eigenvalue weighted by atomic mass is 10.1. The van der Waals surface area contributed by atoms with Gasteiger partial charge in [0.1, 0.15) is 5.75 Å². The van der Waals surface area contributed by atoms with Gasteiger partial charge in [-0.2, -0.15) is 0 Å². The topological polar surface area (TPSA) is 72.9 Å². The fourth-order valence-electron chi connectivity index (χ4n) is 3.12. The quantitative estimate of drug-likeness (QED) is 0.375. The Bertz CT molecular complexity index is 892. The summed E-state index contributed by atoms with van der Waals surface area (Å²) in [7, 11) is 1.48. The van der Waals surface area contributed by atoms with Crippen molar-refractivity contribution in [2.24, 2.45) is 0 Å². The van der Waals surface area contributed by atoms with Crippen LogP contribution in [0.3, 0.4) is 0 Å². The Morgan fingerprint density at radius 3 is 2.34 bits per heavy atom. The molecule has 29 heavy (non-hydrogen) atoms. The minimum Gasteiger partial charge on any atom is -0.496 e. The predicted octanol–water partition coefficient (Wildman–Crippen LogP) is 3.45. The molecule has 0 unspecified atom stereocenters. The zero-order valence-electron chi connectivity index (χ0n) is 16.3. The molecule has 0 bridgehead atoms. The Balaban J connectivity index is 1.60. The van der Waals surface area contributed by atoms with Gasteiger partial charge in [0.15, 0.2) is 6.61 Å². The SMILES string of the molecule is COc1ccccc1C(=O)COC(=O)c1ccccc1SCC(=O)N1CCCC1. The summed E-state index contributed by atoms with van der Waals surface area (Å²) < 4.78 is 10.4. The lowest BCUT2D eigenvalue weighted by molar-refractivity contribution is -0.127. The van der Waals surface area contributed by atoms with E-state index in [0.29, 0.717) is 21.8 Å². The Hall–Kier alpha value is -2.80. The van der Waals surface area contributed by atoms with E-state index >= 15 is 0 Å². The lowest BCUT2D eigenvalue weighted by Crippen LogP contribution is -2.29. The summed E-state index contributed by atoms with van der Waals surface area (Å²) in [5.41, 5.74) is 0.709. The van der Waals surface area contributed by atoms with Crippen molar-refractivity contribution >= 4 is 29.4 Å². The van der Waals surface area contributed by atoms with Crippen LogP contribution in [0.5, 0.6) is 5.75 Å². The molecule has 7 heteroatoms. The van der Waals surface area contributed by atoms with Crippen molar-refractivity contribution in [3.63, 3.8) is 0 Å². The molecule has 0 atom stereocenters. The third-order valence-electron chi connectivity index (χ3n) is 4.66. The molecule has 6 nitrogen and oxygen atoms in total. The number of hydrogen-bond acceptors (Lipinski definition) is 6. The Morgan fingerprint density at radius 2 is 1.62 bits per heavy atom. The third-order valence-corrected chi connectivity index (χ3v) is 5.72. The summed E-state index contributed by atoms with van der Waals surface area (Å²) in [5, 5.41) is 0. The van der Waals surface area contributed by atoms with Crippen LogP contribution in [0.15, 0.2) is 53.4 Å². The zero-order chi connectivity index (χ0) is 20.6. The second kappa shape index (κ2) is 10.1. The number of nitrogens with zero attached hydrogens (tertiary/aromatic N) is 1. The summed E-state index contributed by atoms with van der Waals surface area (Å²) in [5.74, 6) is -0.160. The number of Topliss-reactive ketones (excluding diaryl/α,β-unsaturated/α-hetero) is 1. The van der Waals surface area contributed by atoms with Crippen molar-refractivity contribution in [3.8, 4) is 5.75 Å². The van der Waals surface area contributed by atoms with Crippen LogP contribution in [0.4, 0.5) is 0 Å². The molecule has 1 aliphatic heterocycles. The normalized spacial score (nSPS) is 13.2. The molecule has 0 saturated carbocycles. The molecule has 0 aromatic heterocycles. The van der Waals surface area contributed by atoms with Gasteiger partial charge in [-0.3, -0.25) is 9.59 Å². The number of carbonyl (C=O) groups is 3. The monoisotopic (exact) mass is 413 g/mol. The van der Waals surface area contributed by atoms with E-state index in [4.69, 9.17) is 9.47 Å². The van der Waals surface area contributed by atoms with Crippen LogP contribution in [-0.4, -0.2) is 55.1 Å². The van der Waals surface area contributed by atoms with Gasteiger partial charge in [-0.1, -0.05) is 24.3 Å². The molecule has 1 heterocycles. The molecule has 1 fully saturated rings. The van der Waals surface area contributed by atoms with E-state index in [-0.39, 0.29) is 24.1 Å². The summed E-state index contributed by atoms with van der Waals surface area (Å²) in [6, 6.07) is 13.7. The van der Waals surface area contributed by atoms with Crippen LogP contribution in [0.1, 0.15) is 33.6 Å². The summed E-state index contributed by atoms with van der Waals surface area (Å²) in [4.78, 5) is 39.7. The van der Waals surface area contributed by atoms with Crippen molar-refractivity contribution in [1.82, 2.24) is 4.90 Å². The molecule has 1 aliphatic rings. The van der Waals surface area contributed by atoms with Gasteiger partial charge in [0.2, 0.25) is 11.7 Å². The fourth-order valence-corrected chi connectivity index (χ4v) is 4.06. The highest BCUT2D eigenvalue weighted by atomic mass is 32.2. The Labute approximate surface area is 174 Å². The first-order valence-electron chi connectivity index (χ1n) is 9.43. The van der Waals surface area contributed by atoms with Crippen molar-refractivity contribution < 1.29 is 23.9 Å². The molecule has 0 N–H and O–H groups in total. The number of amides is 1. The Kier molecular flexibility index (Phi) is 7.30. The number of carbonyl (C=O) groups excluding carboxylic acids is 3. The highest BCUT2D eigenvalue weighted by Gasteiger charge is 2.20. The van der Waals surface area contributed by atoms with Crippen LogP contribution in [0.2, 0.25) is 0 Å². The number of rotatable bonds is 8. The highest BCUT2D eigenvalue weighted by Crippen LogP contribution is 2.25. The molecule has 1 saturated heterocycles. The lowest BCUT2D eigenvalue weighted by Gasteiger charge is -2.15. The molecule has 3 rings (SSSR count). The second-order valence-corrected chi connectivity index (χ2v) is 7.59. The van der Waals surface area contributed by atoms with Gasteiger partial charge in [0.25, 0.3) is 0 Å². The van der Waals surface area contributed by atoms with Crippen molar-refractivity contribution in [2.75, 3.05) is 32.6 Å². The van der Waals surface area contributed by atoms with E-state index in [1.54, 1.807) is 48.5 Å². The first-order valence-corrected chi connectivity index (χ1v) is 10.4. The maximum absolute atomic E-state index is 12.5. The van der Waals surface area contributed by atoms with Gasteiger partial charge < -0.3 is 14.4 Å². The van der Waals surface area contributed by atoms with Gasteiger partial charge in [-0.05, 0) is 37.1 Å². The van der Waals surface area contributed by atoms with Crippen LogP contribution in [-0.2, 0) is 9.53 Å². The molecule has 2 aromatic rings. The highest BCUT2D eigenvalue weighted by molar-refractivity contribution is 8.00. The van der Waals surface area contributed by atoms with E-state index in [9.17, 15) is 14.4 Å². The Morgan fingerprint density at radius 1 is 0.966 bits per heavy atom. The van der Waals surface area contributed by atoms with Gasteiger partial charge in [0, 0.05) is 18.0 Å². The number of thioether (sulfide) groups is 1. The standard InChI is InChI=1S/C22H23NO5S/c1-27-19-10-4-2-8-16(19)18(24)14-28-22(26)17-9-3-5-11-20(17)29-15-21(25)23-12-6-7-13-23/h2-5,8-11H,6-7,12-15H2,1H3. The first kappa shape index (κ1) is 20.9. The maximum Gasteiger partial charge on any atom is 0.339 e. The summed E-state index contributed by atoms with van der Waals surface area (Å²) in [6.07, 6.45) is 2.08. The molecular formula is C22H23NO5S.